The van der Waals surface area contributed by atoms with Gasteiger partial charge in [0.05, 0.1) is 0 Å². The van der Waals surface area contributed by atoms with E-state index in [1.54, 1.807) is 11.4 Å². The minimum Gasteiger partial charge on any atom is -0.315 e. The molecule has 0 amide bonds. The van der Waals surface area contributed by atoms with E-state index in [1.165, 1.54) is 4.31 Å². The van der Waals surface area contributed by atoms with Crippen molar-refractivity contribution in [2.24, 2.45) is 0 Å². The molecule has 1 fully saturated rings. The smallest absolute Gasteiger partial charge is 0.282 e. The van der Waals surface area contributed by atoms with E-state index in [-0.39, 0.29) is 0 Å². The quantitative estimate of drug-likeness (QED) is 0.882. The Balaban J connectivity index is 2.10. The molecule has 2 rings (SSSR count). The van der Waals surface area contributed by atoms with Gasteiger partial charge in [0.25, 0.3) is 10.2 Å². The molecule has 0 unspecified atom stereocenters. The van der Waals surface area contributed by atoms with Crippen molar-refractivity contribution in [1.82, 2.24) is 13.9 Å². The van der Waals surface area contributed by atoms with Crippen molar-refractivity contribution in [3.8, 4) is 0 Å². The van der Waals surface area contributed by atoms with Crippen LogP contribution in [-0.2, 0) is 16.8 Å². The summed E-state index contributed by atoms with van der Waals surface area (Å²) in [4.78, 5) is 0. The summed E-state index contributed by atoms with van der Waals surface area (Å²) < 4.78 is 29.0. The predicted molar refractivity (Wildman–Crippen MR) is 83.6 cm³/mol. The Hall–Kier alpha value is -0.470. The zero-order chi connectivity index (χ0) is 14.6. The molecule has 0 radical (unpaired) electrons. The SMILES string of the molecule is CN(Cc1ccccc1Br)S(=O)(=O)N1CCCNCC1. The van der Waals surface area contributed by atoms with Crippen molar-refractivity contribution in [3.05, 3.63) is 34.3 Å². The van der Waals surface area contributed by atoms with Gasteiger partial charge in [0, 0.05) is 37.7 Å². The molecule has 1 aliphatic heterocycles. The first-order chi connectivity index (χ1) is 9.51. The minimum atomic E-state index is -3.39. The molecule has 1 saturated heterocycles. The van der Waals surface area contributed by atoms with E-state index in [4.69, 9.17) is 0 Å². The highest BCUT2D eigenvalue weighted by molar-refractivity contribution is 9.10. The lowest BCUT2D eigenvalue weighted by Gasteiger charge is -2.26. The maximum absolute atomic E-state index is 12.6. The van der Waals surface area contributed by atoms with E-state index in [1.807, 2.05) is 24.3 Å². The number of hydrogen-bond acceptors (Lipinski definition) is 3. The zero-order valence-electron chi connectivity index (χ0n) is 11.5. The van der Waals surface area contributed by atoms with Crippen molar-refractivity contribution >= 4 is 26.1 Å². The van der Waals surface area contributed by atoms with Crippen molar-refractivity contribution in [3.63, 3.8) is 0 Å². The molecule has 0 spiro atoms. The van der Waals surface area contributed by atoms with Gasteiger partial charge in [-0.05, 0) is 24.6 Å². The highest BCUT2D eigenvalue weighted by Gasteiger charge is 2.27. The third-order valence-corrected chi connectivity index (χ3v) is 6.08. The van der Waals surface area contributed by atoms with Crippen LogP contribution in [0.25, 0.3) is 0 Å². The molecule has 1 aliphatic rings. The van der Waals surface area contributed by atoms with Gasteiger partial charge in [0.1, 0.15) is 0 Å². The van der Waals surface area contributed by atoms with Crippen molar-refractivity contribution in [1.29, 1.82) is 0 Å². The Bertz CT molecular complexity index is 542. The molecule has 1 aromatic carbocycles. The molecule has 1 heterocycles. The van der Waals surface area contributed by atoms with E-state index < -0.39 is 10.2 Å². The van der Waals surface area contributed by atoms with Gasteiger partial charge in [-0.3, -0.25) is 0 Å². The second kappa shape index (κ2) is 7.00. The topological polar surface area (TPSA) is 52.7 Å². The predicted octanol–water partition coefficient (Wildman–Crippen LogP) is 1.42. The molecular weight excluding hydrogens is 342 g/mol. The fraction of sp³-hybridized carbons (Fsp3) is 0.538. The van der Waals surface area contributed by atoms with Gasteiger partial charge in [0.15, 0.2) is 0 Å². The molecule has 1 aromatic rings. The third-order valence-electron chi connectivity index (χ3n) is 3.37. The van der Waals surface area contributed by atoms with Crippen LogP contribution in [0.15, 0.2) is 28.7 Å². The van der Waals surface area contributed by atoms with Crippen LogP contribution in [0.2, 0.25) is 0 Å². The van der Waals surface area contributed by atoms with E-state index in [0.717, 1.165) is 23.0 Å². The maximum atomic E-state index is 12.6. The van der Waals surface area contributed by atoms with Crippen LogP contribution >= 0.6 is 15.9 Å². The monoisotopic (exact) mass is 361 g/mol. The second-order valence-corrected chi connectivity index (χ2v) is 7.75. The lowest BCUT2D eigenvalue weighted by Crippen LogP contribution is -2.43. The summed E-state index contributed by atoms with van der Waals surface area (Å²) in [6, 6.07) is 7.69. The van der Waals surface area contributed by atoms with E-state index in [9.17, 15) is 8.42 Å². The largest absolute Gasteiger partial charge is 0.315 e. The molecule has 0 aliphatic carbocycles. The van der Waals surface area contributed by atoms with Gasteiger partial charge in [-0.25, -0.2) is 0 Å². The molecule has 0 saturated carbocycles. The summed E-state index contributed by atoms with van der Waals surface area (Å²) >= 11 is 3.45. The van der Waals surface area contributed by atoms with Crippen LogP contribution in [-0.4, -0.2) is 50.3 Å². The van der Waals surface area contributed by atoms with Gasteiger partial charge in [-0.15, -0.1) is 0 Å². The van der Waals surface area contributed by atoms with Crippen molar-refractivity contribution in [2.75, 3.05) is 33.2 Å². The van der Waals surface area contributed by atoms with Crippen LogP contribution in [0.4, 0.5) is 0 Å². The number of nitrogens with zero attached hydrogens (tertiary/aromatic N) is 2. The Morgan fingerprint density at radius 1 is 1.30 bits per heavy atom. The van der Waals surface area contributed by atoms with Gasteiger partial charge >= 0.3 is 0 Å². The fourth-order valence-corrected chi connectivity index (χ4v) is 3.99. The van der Waals surface area contributed by atoms with E-state index in [2.05, 4.69) is 21.2 Å². The molecule has 0 atom stereocenters. The van der Waals surface area contributed by atoms with Crippen molar-refractivity contribution < 1.29 is 8.42 Å². The van der Waals surface area contributed by atoms with Crippen LogP contribution < -0.4 is 5.32 Å². The standard InChI is InChI=1S/C13H20BrN3O2S/c1-16(11-12-5-2-3-6-13(12)14)20(18,19)17-9-4-7-15-8-10-17/h2-3,5-6,15H,4,7-11H2,1H3. The molecule has 112 valence electrons. The van der Waals surface area contributed by atoms with Gasteiger partial charge < -0.3 is 5.32 Å². The molecule has 20 heavy (non-hydrogen) atoms. The number of nitrogens with one attached hydrogen (secondary N) is 1. The van der Waals surface area contributed by atoms with Gasteiger partial charge in [0.2, 0.25) is 0 Å². The lowest BCUT2D eigenvalue weighted by molar-refractivity contribution is 0.367. The number of benzene rings is 1. The summed E-state index contributed by atoms with van der Waals surface area (Å²) in [5.74, 6) is 0. The Kier molecular flexibility index (Phi) is 5.57. The molecule has 1 N–H and O–H groups in total. The zero-order valence-corrected chi connectivity index (χ0v) is 14.0. The van der Waals surface area contributed by atoms with Crippen molar-refractivity contribution in [2.45, 2.75) is 13.0 Å². The second-order valence-electron chi connectivity index (χ2n) is 4.86. The van der Waals surface area contributed by atoms with Gasteiger partial charge in [-0.1, -0.05) is 34.1 Å². The fourth-order valence-electron chi connectivity index (χ4n) is 2.20. The highest BCUT2D eigenvalue weighted by Crippen LogP contribution is 2.19. The highest BCUT2D eigenvalue weighted by atomic mass is 79.9. The van der Waals surface area contributed by atoms with Crippen LogP contribution in [0, 0.1) is 0 Å². The first-order valence-electron chi connectivity index (χ1n) is 6.67. The summed E-state index contributed by atoms with van der Waals surface area (Å²) in [7, 11) is -1.76. The normalized spacial score (nSPS) is 18.1. The minimum absolute atomic E-state index is 0.369. The van der Waals surface area contributed by atoms with Crippen LogP contribution in [0.5, 0.6) is 0 Å². The van der Waals surface area contributed by atoms with Gasteiger partial charge in [-0.2, -0.15) is 17.0 Å². The van der Waals surface area contributed by atoms with Crippen LogP contribution in [0.3, 0.4) is 0 Å². The maximum Gasteiger partial charge on any atom is 0.282 e. The van der Waals surface area contributed by atoms with E-state index in [0.29, 0.717) is 26.2 Å². The first-order valence-corrected chi connectivity index (χ1v) is 8.86. The van der Waals surface area contributed by atoms with E-state index >= 15 is 0 Å². The summed E-state index contributed by atoms with van der Waals surface area (Å²) in [5.41, 5.74) is 0.964. The molecule has 5 nitrogen and oxygen atoms in total. The molecule has 0 bridgehead atoms. The summed E-state index contributed by atoms with van der Waals surface area (Å²) in [6.45, 7) is 3.06. The summed E-state index contributed by atoms with van der Waals surface area (Å²) in [5, 5.41) is 3.21. The summed E-state index contributed by atoms with van der Waals surface area (Å²) in [6.07, 6.45) is 0.849. The Morgan fingerprint density at radius 2 is 2.05 bits per heavy atom. The number of hydrogen-bond donors (Lipinski definition) is 1. The Labute approximate surface area is 129 Å². The molecule has 7 heteroatoms. The molecule has 0 aromatic heterocycles. The molecular formula is C13H20BrN3O2S. The number of rotatable bonds is 4. The first kappa shape index (κ1) is 15.9. The average Bonchev–Trinajstić information content (AvgIpc) is 2.70. The lowest BCUT2D eigenvalue weighted by atomic mass is 10.2. The van der Waals surface area contributed by atoms with Crippen LogP contribution in [0.1, 0.15) is 12.0 Å². The number of halogens is 1. The average molecular weight is 362 g/mol. The third kappa shape index (κ3) is 3.79. The Morgan fingerprint density at radius 3 is 2.80 bits per heavy atom.